The summed E-state index contributed by atoms with van der Waals surface area (Å²) in [4.78, 5) is 0.527. The number of rotatable bonds is 10. The first-order chi connectivity index (χ1) is 15.0. The van der Waals surface area contributed by atoms with Crippen LogP contribution >= 0.6 is 24.4 Å². The quantitative estimate of drug-likeness (QED) is 0.223. The van der Waals surface area contributed by atoms with E-state index in [1.807, 2.05) is 38.1 Å². The van der Waals surface area contributed by atoms with Gasteiger partial charge in [-0.15, -0.1) is 0 Å². The average molecular weight is 479 g/mol. The maximum Gasteiger partial charge on any atom is 0.111 e. The maximum absolute atomic E-state index is 11.3. The number of hydrogen-bond donors (Lipinski definition) is 6. The highest BCUT2D eigenvalue weighted by Gasteiger charge is 2.49. The van der Waals surface area contributed by atoms with Gasteiger partial charge < -0.3 is 30.6 Å². The molecule has 32 heavy (non-hydrogen) atoms. The summed E-state index contributed by atoms with van der Waals surface area (Å²) >= 11 is 11.6. The van der Waals surface area contributed by atoms with Crippen molar-refractivity contribution in [2.75, 3.05) is 6.61 Å². The third-order valence-corrected chi connectivity index (χ3v) is 7.21. The Balaban J connectivity index is 2.60. The lowest BCUT2D eigenvalue weighted by atomic mass is 9.69. The zero-order chi connectivity index (χ0) is 24.2. The third kappa shape index (κ3) is 5.13. The molecule has 0 saturated heterocycles. The first kappa shape index (κ1) is 26.6. The van der Waals surface area contributed by atoms with Crippen LogP contribution in [-0.4, -0.2) is 77.5 Å². The van der Waals surface area contributed by atoms with Crippen molar-refractivity contribution in [1.82, 2.24) is 0 Å². The van der Waals surface area contributed by atoms with Crippen LogP contribution < -0.4 is 0 Å². The molecule has 5 atom stereocenters. The first-order valence-electron chi connectivity index (χ1n) is 10.2. The summed E-state index contributed by atoms with van der Waals surface area (Å²) in [6.45, 7) is 4.48. The molecule has 0 bridgehead atoms. The normalized spacial score (nSPS) is 16.7. The fourth-order valence-electron chi connectivity index (χ4n) is 3.65. The van der Waals surface area contributed by atoms with E-state index in [0.29, 0.717) is 11.1 Å². The smallest absolute Gasteiger partial charge is 0.111 e. The van der Waals surface area contributed by atoms with Crippen molar-refractivity contribution in [2.24, 2.45) is 5.41 Å². The SMILES string of the molecule is Cc1ccccc1C(=S)C(C)(C(=S)c1ccccc1C)C(O)[C@@H](O)[C@@H](O)[C@H](O)[C@@H](O)CO. The molecule has 0 aromatic heterocycles. The summed E-state index contributed by atoms with van der Waals surface area (Å²) in [5.41, 5.74) is 1.48. The van der Waals surface area contributed by atoms with Crippen LogP contribution in [-0.2, 0) is 0 Å². The van der Waals surface area contributed by atoms with Gasteiger partial charge in [0.2, 0.25) is 0 Å². The van der Waals surface area contributed by atoms with Gasteiger partial charge in [0.15, 0.2) is 0 Å². The Bertz CT molecular complexity index is 906. The van der Waals surface area contributed by atoms with E-state index in [4.69, 9.17) is 29.5 Å². The second-order valence-electron chi connectivity index (χ2n) is 8.16. The summed E-state index contributed by atoms with van der Waals surface area (Å²) < 4.78 is 0. The minimum absolute atomic E-state index is 0.264. The molecule has 0 spiro atoms. The van der Waals surface area contributed by atoms with E-state index in [9.17, 15) is 25.5 Å². The second kappa shape index (κ2) is 11.0. The van der Waals surface area contributed by atoms with E-state index in [0.717, 1.165) is 11.1 Å². The highest BCUT2D eigenvalue weighted by Crippen LogP contribution is 2.37. The molecule has 0 heterocycles. The van der Waals surface area contributed by atoms with Gasteiger partial charge in [0.05, 0.1) is 18.1 Å². The largest absolute Gasteiger partial charge is 0.394 e. The van der Waals surface area contributed by atoms with E-state index in [-0.39, 0.29) is 9.73 Å². The highest BCUT2D eigenvalue weighted by molar-refractivity contribution is 7.82. The van der Waals surface area contributed by atoms with Crippen molar-refractivity contribution in [2.45, 2.75) is 51.3 Å². The van der Waals surface area contributed by atoms with Crippen LogP contribution in [0.15, 0.2) is 48.5 Å². The van der Waals surface area contributed by atoms with E-state index in [1.165, 1.54) is 0 Å². The summed E-state index contributed by atoms with van der Waals surface area (Å²) in [5, 5.41) is 61.3. The predicted molar refractivity (Wildman–Crippen MR) is 131 cm³/mol. The Hall–Kier alpha value is -1.62. The van der Waals surface area contributed by atoms with Crippen LogP contribution in [0.5, 0.6) is 0 Å². The molecule has 2 aromatic carbocycles. The zero-order valence-electron chi connectivity index (χ0n) is 18.2. The second-order valence-corrected chi connectivity index (χ2v) is 8.97. The van der Waals surface area contributed by atoms with Gasteiger partial charge in [-0.3, -0.25) is 0 Å². The van der Waals surface area contributed by atoms with Crippen LogP contribution in [0.25, 0.3) is 0 Å². The lowest BCUT2D eigenvalue weighted by Gasteiger charge is -2.41. The molecule has 1 unspecified atom stereocenters. The van der Waals surface area contributed by atoms with Crippen molar-refractivity contribution in [3.05, 3.63) is 70.8 Å². The fourth-order valence-corrected chi connectivity index (χ4v) is 4.62. The molecule has 8 heteroatoms. The Morgan fingerprint density at radius 3 is 1.53 bits per heavy atom. The number of aliphatic hydroxyl groups excluding tert-OH is 6. The van der Waals surface area contributed by atoms with Gasteiger partial charge in [-0.2, -0.15) is 0 Å². The Morgan fingerprint density at radius 2 is 1.16 bits per heavy atom. The van der Waals surface area contributed by atoms with E-state index < -0.39 is 42.5 Å². The van der Waals surface area contributed by atoms with Gasteiger partial charge in [-0.25, -0.2) is 0 Å². The number of thiocarbonyl (C=S) groups is 2. The molecule has 2 rings (SSSR count). The molecule has 0 aliphatic carbocycles. The molecule has 6 nitrogen and oxygen atoms in total. The standard InChI is InChI=1S/C24H30O6S2/c1-13-8-4-6-10-15(13)22(31)24(3,23(32)16-11-7-5-9-14(16)2)21(30)20(29)19(28)18(27)17(26)12-25/h4-11,17-21,25-30H,12H2,1-3H3/t17-,18+,19-,20-,21?/m0/s1. The molecule has 2 aromatic rings. The molecule has 0 amide bonds. The van der Waals surface area contributed by atoms with Gasteiger partial charge in [0, 0.05) is 9.73 Å². The van der Waals surface area contributed by atoms with Crippen molar-refractivity contribution < 1.29 is 30.6 Å². The maximum atomic E-state index is 11.3. The molecule has 0 saturated carbocycles. The molecular weight excluding hydrogens is 448 g/mol. The lowest BCUT2D eigenvalue weighted by Crippen LogP contribution is -2.58. The number of benzene rings is 2. The number of hydrogen-bond acceptors (Lipinski definition) is 8. The van der Waals surface area contributed by atoms with Crippen molar-refractivity contribution in [3.8, 4) is 0 Å². The third-order valence-electron chi connectivity index (χ3n) is 5.92. The zero-order valence-corrected chi connectivity index (χ0v) is 19.8. The minimum atomic E-state index is -1.97. The Labute approximate surface area is 198 Å². The van der Waals surface area contributed by atoms with Gasteiger partial charge >= 0.3 is 0 Å². The van der Waals surface area contributed by atoms with Crippen LogP contribution in [0.4, 0.5) is 0 Å². The molecule has 6 N–H and O–H groups in total. The molecule has 0 aliphatic heterocycles. The fraction of sp³-hybridized carbons (Fsp3) is 0.417. The molecule has 0 fully saturated rings. The predicted octanol–water partition coefficient (Wildman–Crippen LogP) is 1.24. The molecule has 174 valence electrons. The minimum Gasteiger partial charge on any atom is -0.394 e. The Kier molecular flexibility index (Phi) is 9.15. The lowest BCUT2D eigenvalue weighted by molar-refractivity contribution is -0.147. The summed E-state index contributed by atoms with van der Waals surface area (Å²) in [6, 6.07) is 14.6. The number of aliphatic hydroxyl groups is 6. The topological polar surface area (TPSA) is 121 Å². The number of aryl methyl sites for hydroxylation is 2. The van der Waals surface area contributed by atoms with Crippen LogP contribution in [0.1, 0.15) is 29.2 Å². The van der Waals surface area contributed by atoms with E-state index in [2.05, 4.69) is 0 Å². The monoisotopic (exact) mass is 478 g/mol. The first-order valence-corrected chi connectivity index (χ1v) is 11.0. The summed E-state index contributed by atoms with van der Waals surface area (Å²) in [7, 11) is 0. The van der Waals surface area contributed by atoms with Crippen molar-refractivity contribution >= 4 is 34.2 Å². The van der Waals surface area contributed by atoms with E-state index in [1.54, 1.807) is 31.2 Å². The van der Waals surface area contributed by atoms with Crippen LogP contribution in [0.2, 0.25) is 0 Å². The van der Waals surface area contributed by atoms with Crippen molar-refractivity contribution in [3.63, 3.8) is 0 Å². The van der Waals surface area contributed by atoms with Crippen molar-refractivity contribution in [1.29, 1.82) is 0 Å². The van der Waals surface area contributed by atoms with Crippen LogP contribution in [0.3, 0.4) is 0 Å². The summed E-state index contributed by atoms with van der Waals surface area (Å²) in [6.07, 6.45) is -9.24. The highest BCUT2D eigenvalue weighted by atomic mass is 32.1. The molecular formula is C24H30O6S2. The van der Waals surface area contributed by atoms with Crippen LogP contribution in [0, 0.1) is 19.3 Å². The molecule has 0 aliphatic rings. The average Bonchev–Trinajstić information content (AvgIpc) is 2.80. The van der Waals surface area contributed by atoms with Gasteiger partial charge in [-0.1, -0.05) is 73.0 Å². The van der Waals surface area contributed by atoms with Gasteiger partial charge in [-0.05, 0) is 43.0 Å². The van der Waals surface area contributed by atoms with Gasteiger partial charge in [0.25, 0.3) is 0 Å². The molecule has 0 radical (unpaired) electrons. The summed E-state index contributed by atoms with van der Waals surface area (Å²) in [5.74, 6) is 0. The van der Waals surface area contributed by atoms with Gasteiger partial charge in [0.1, 0.15) is 24.4 Å². The Morgan fingerprint density at radius 1 is 0.750 bits per heavy atom. The van der Waals surface area contributed by atoms with E-state index >= 15 is 0 Å².